The fourth-order valence-electron chi connectivity index (χ4n) is 3.71. The molecule has 3 amide bonds. The third-order valence-electron chi connectivity index (χ3n) is 5.24. The van der Waals surface area contributed by atoms with Gasteiger partial charge in [0.15, 0.2) is 0 Å². The number of rotatable bonds is 5. The number of ether oxygens (including phenoxy) is 1. The number of hydrogen-bond acceptors (Lipinski definition) is 7. The van der Waals surface area contributed by atoms with E-state index in [9.17, 15) is 14.0 Å². The van der Waals surface area contributed by atoms with Gasteiger partial charge in [-0.1, -0.05) is 29.4 Å². The van der Waals surface area contributed by atoms with Crippen molar-refractivity contribution in [1.29, 1.82) is 0 Å². The minimum absolute atomic E-state index is 0.000957. The fraction of sp³-hybridized carbons (Fsp3) is 0.182. The van der Waals surface area contributed by atoms with E-state index in [0.29, 0.717) is 17.1 Å². The molecule has 1 fully saturated rings. The summed E-state index contributed by atoms with van der Waals surface area (Å²) in [5.74, 6) is 0.302. The first kappa shape index (κ1) is 20.3. The predicted molar refractivity (Wildman–Crippen MR) is 115 cm³/mol. The van der Waals surface area contributed by atoms with Crippen LogP contribution >= 0.6 is 11.8 Å². The van der Waals surface area contributed by atoms with Gasteiger partial charge < -0.3 is 14.2 Å². The minimum atomic E-state index is -0.574. The van der Waals surface area contributed by atoms with Crippen molar-refractivity contribution in [2.24, 2.45) is 0 Å². The SMILES string of the molecule is COc1cccc(-c2noc(CN3C(=O)N(c4cccc(F)c4)C(=O)C4SC=CC43)n2)c1. The number of aromatic nitrogens is 2. The molecule has 0 aliphatic carbocycles. The molecule has 2 aliphatic heterocycles. The summed E-state index contributed by atoms with van der Waals surface area (Å²) in [4.78, 5) is 33.2. The van der Waals surface area contributed by atoms with Gasteiger partial charge in [0.1, 0.15) is 23.4 Å². The molecule has 8 nitrogen and oxygen atoms in total. The number of urea groups is 1. The van der Waals surface area contributed by atoms with Gasteiger partial charge >= 0.3 is 6.03 Å². The van der Waals surface area contributed by atoms with E-state index in [2.05, 4.69) is 10.1 Å². The van der Waals surface area contributed by atoms with Crippen molar-refractivity contribution < 1.29 is 23.2 Å². The van der Waals surface area contributed by atoms with Gasteiger partial charge in [-0.05, 0) is 35.7 Å². The van der Waals surface area contributed by atoms with Crippen LogP contribution < -0.4 is 9.64 Å². The number of hydrogen-bond donors (Lipinski definition) is 0. The highest BCUT2D eigenvalue weighted by Crippen LogP contribution is 2.37. The third kappa shape index (κ3) is 3.52. The Morgan fingerprint density at radius 1 is 1.19 bits per heavy atom. The molecule has 5 rings (SSSR count). The number of benzene rings is 2. The number of amides is 3. The van der Waals surface area contributed by atoms with Gasteiger partial charge in [0.05, 0.1) is 18.8 Å². The van der Waals surface area contributed by atoms with Gasteiger partial charge in [-0.3, -0.25) is 4.79 Å². The van der Waals surface area contributed by atoms with E-state index < -0.39 is 23.1 Å². The van der Waals surface area contributed by atoms with Crippen LogP contribution in [0.5, 0.6) is 5.75 Å². The first-order valence-corrected chi connectivity index (χ1v) is 10.7. The highest BCUT2D eigenvalue weighted by molar-refractivity contribution is 8.03. The maximum absolute atomic E-state index is 13.8. The molecule has 1 saturated heterocycles. The topological polar surface area (TPSA) is 88.8 Å². The average Bonchev–Trinajstić information content (AvgIpc) is 3.47. The molecular formula is C22H17FN4O4S. The van der Waals surface area contributed by atoms with E-state index in [-0.39, 0.29) is 24.0 Å². The standard InChI is InChI=1S/C22H17FN4O4S/c1-30-16-7-2-4-13(10-16)20-24-18(31-25-20)12-26-17-8-9-32-19(17)21(28)27(22(26)29)15-6-3-5-14(23)11-15/h2-11,17,19H,12H2,1H3. The molecule has 0 spiro atoms. The lowest BCUT2D eigenvalue weighted by Crippen LogP contribution is -2.61. The lowest BCUT2D eigenvalue weighted by Gasteiger charge is -2.40. The van der Waals surface area contributed by atoms with E-state index in [1.54, 1.807) is 30.7 Å². The van der Waals surface area contributed by atoms with Gasteiger partial charge in [-0.25, -0.2) is 14.1 Å². The lowest BCUT2D eigenvalue weighted by atomic mass is 10.1. The van der Waals surface area contributed by atoms with Crippen molar-refractivity contribution in [2.45, 2.75) is 17.8 Å². The smallest absolute Gasteiger partial charge is 0.332 e. The van der Waals surface area contributed by atoms with Crippen LogP contribution in [0.4, 0.5) is 14.9 Å². The Morgan fingerprint density at radius 2 is 2.03 bits per heavy atom. The molecule has 32 heavy (non-hydrogen) atoms. The number of anilines is 1. The second-order valence-electron chi connectivity index (χ2n) is 7.18. The number of thioether (sulfide) groups is 1. The zero-order valence-corrected chi connectivity index (χ0v) is 17.7. The number of carbonyl (C=O) groups excluding carboxylic acids is 2. The van der Waals surface area contributed by atoms with Crippen molar-refractivity contribution in [3.63, 3.8) is 0 Å². The minimum Gasteiger partial charge on any atom is -0.497 e. The highest BCUT2D eigenvalue weighted by atomic mass is 32.2. The molecule has 3 aromatic rings. The van der Waals surface area contributed by atoms with Gasteiger partial charge in [-0.2, -0.15) is 4.98 Å². The van der Waals surface area contributed by atoms with Gasteiger partial charge in [0.25, 0.3) is 5.91 Å². The number of imide groups is 1. The summed E-state index contributed by atoms with van der Waals surface area (Å²) in [5, 5.41) is 5.27. The molecule has 162 valence electrons. The van der Waals surface area contributed by atoms with E-state index in [1.807, 2.05) is 12.1 Å². The first-order chi connectivity index (χ1) is 15.5. The number of fused-ring (bicyclic) bond motifs is 1. The number of nitrogens with zero attached hydrogens (tertiary/aromatic N) is 4. The Balaban J connectivity index is 1.44. The van der Waals surface area contributed by atoms with E-state index >= 15 is 0 Å². The molecule has 10 heteroatoms. The molecule has 1 aromatic heterocycles. The van der Waals surface area contributed by atoms with E-state index in [4.69, 9.17) is 9.26 Å². The lowest BCUT2D eigenvalue weighted by molar-refractivity contribution is -0.119. The zero-order chi connectivity index (χ0) is 22.2. The predicted octanol–water partition coefficient (Wildman–Crippen LogP) is 3.85. The third-order valence-corrected chi connectivity index (χ3v) is 6.33. The van der Waals surface area contributed by atoms with Crippen molar-refractivity contribution >= 4 is 29.4 Å². The molecule has 3 heterocycles. The fourth-order valence-corrected chi connectivity index (χ4v) is 4.75. The molecular weight excluding hydrogens is 435 g/mol. The summed E-state index contributed by atoms with van der Waals surface area (Å²) in [7, 11) is 1.57. The van der Waals surface area contributed by atoms with Gasteiger partial charge in [0, 0.05) is 5.56 Å². The van der Waals surface area contributed by atoms with Crippen LogP contribution in [0.25, 0.3) is 11.4 Å². The van der Waals surface area contributed by atoms with Gasteiger partial charge in [0.2, 0.25) is 11.7 Å². The summed E-state index contributed by atoms with van der Waals surface area (Å²) in [6.07, 6.45) is 1.80. The monoisotopic (exact) mass is 452 g/mol. The Kier molecular flexibility index (Phi) is 5.14. The molecule has 2 aliphatic rings. The first-order valence-electron chi connectivity index (χ1n) is 9.74. The van der Waals surface area contributed by atoms with Gasteiger partial charge in [-0.15, -0.1) is 11.8 Å². The normalized spacial score (nSPS) is 20.1. The Morgan fingerprint density at radius 3 is 2.84 bits per heavy atom. The molecule has 2 unspecified atom stereocenters. The van der Waals surface area contributed by atoms with Crippen molar-refractivity contribution in [3.05, 3.63) is 71.7 Å². The van der Waals surface area contributed by atoms with Crippen LogP contribution in [-0.4, -0.2) is 45.4 Å². The molecule has 2 aromatic carbocycles. The highest BCUT2D eigenvalue weighted by Gasteiger charge is 2.48. The van der Waals surface area contributed by atoms with Crippen LogP contribution in [0.2, 0.25) is 0 Å². The summed E-state index contributed by atoms with van der Waals surface area (Å²) >= 11 is 1.32. The van der Waals surface area contributed by atoms with Crippen molar-refractivity contribution in [3.8, 4) is 17.1 Å². The van der Waals surface area contributed by atoms with Crippen LogP contribution in [0.1, 0.15) is 5.89 Å². The molecule has 2 atom stereocenters. The van der Waals surface area contributed by atoms with E-state index in [1.165, 1.54) is 34.9 Å². The maximum Gasteiger partial charge on any atom is 0.332 e. The summed E-state index contributed by atoms with van der Waals surface area (Å²) in [6.45, 7) is 0.000957. The molecule has 0 radical (unpaired) electrons. The van der Waals surface area contributed by atoms with Crippen molar-refractivity contribution in [2.75, 3.05) is 12.0 Å². The number of carbonyl (C=O) groups is 2. The van der Waals surface area contributed by atoms with Crippen molar-refractivity contribution in [1.82, 2.24) is 15.0 Å². The summed E-state index contributed by atoms with van der Waals surface area (Å²) in [6, 6.07) is 11.6. The maximum atomic E-state index is 13.8. The Labute approximate surface area is 186 Å². The summed E-state index contributed by atoms with van der Waals surface area (Å²) in [5.41, 5.74) is 0.883. The Hall–Kier alpha value is -3.66. The largest absolute Gasteiger partial charge is 0.497 e. The second kappa shape index (κ2) is 8.12. The van der Waals surface area contributed by atoms with Crippen LogP contribution in [-0.2, 0) is 11.3 Å². The van der Waals surface area contributed by atoms with E-state index in [0.717, 1.165) is 11.0 Å². The molecule has 0 saturated carbocycles. The number of methoxy groups -OCH3 is 1. The number of halogens is 1. The molecule has 0 N–H and O–H groups in total. The Bertz CT molecular complexity index is 1230. The quantitative estimate of drug-likeness (QED) is 0.581. The van der Waals surface area contributed by atoms with Crippen LogP contribution in [0, 0.1) is 5.82 Å². The average molecular weight is 452 g/mol. The van der Waals surface area contributed by atoms with Crippen LogP contribution in [0.15, 0.2) is 64.5 Å². The summed E-state index contributed by atoms with van der Waals surface area (Å²) < 4.78 is 24.4. The zero-order valence-electron chi connectivity index (χ0n) is 16.8. The van der Waals surface area contributed by atoms with Crippen LogP contribution in [0.3, 0.4) is 0 Å². The second-order valence-corrected chi connectivity index (χ2v) is 8.24. The molecule has 0 bridgehead atoms.